The van der Waals surface area contributed by atoms with Crippen LogP contribution in [0.25, 0.3) is 0 Å². The minimum atomic E-state index is -1.08. The summed E-state index contributed by atoms with van der Waals surface area (Å²) in [5.74, 6) is -0.362. The standard InChI is InChI=1S/C33H37NO5/c1-21-9-6-7-13-24(21)20-34-31(27(36)18-22-10-4-3-5-11-22)33-16-15-28(39-33)29(30(33)32(34)37)26(35)19-23-12-8-14-25(17-23)38-2/h6-9,12-17,22,28-31H,3-5,10-11,18-20H2,1-2H3. The number of ketones is 2. The van der Waals surface area contributed by atoms with Crippen LogP contribution in [0.3, 0.4) is 0 Å². The van der Waals surface area contributed by atoms with Crippen molar-refractivity contribution in [1.29, 1.82) is 0 Å². The quantitative estimate of drug-likeness (QED) is 0.429. The molecule has 204 valence electrons. The summed E-state index contributed by atoms with van der Waals surface area (Å²) in [7, 11) is 1.60. The van der Waals surface area contributed by atoms with Gasteiger partial charge < -0.3 is 14.4 Å². The van der Waals surface area contributed by atoms with Gasteiger partial charge in [-0.1, -0.05) is 80.7 Å². The Morgan fingerprint density at radius 3 is 2.62 bits per heavy atom. The summed E-state index contributed by atoms with van der Waals surface area (Å²) in [5, 5.41) is 0. The molecule has 39 heavy (non-hydrogen) atoms. The van der Waals surface area contributed by atoms with Crippen LogP contribution in [0.15, 0.2) is 60.7 Å². The molecule has 0 radical (unpaired) electrons. The zero-order chi connectivity index (χ0) is 27.1. The van der Waals surface area contributed by atoms with E-state index in [-0.39, 0.29) is 23.9 Å². The molecule has 1 amide bonds. The van der Waals surface area contributed by atoms with Crippen LogP contribution in [0.5, 0.6) is 5.75 Å². The number of amides is 1. The molecule has 3 heterocycles. The number of ether oxygens (including phenoxy) is 2. The molecule has 6 rings (SSSR count). The summed E-state index contributed by atoms with van der Waals surface area (Å²) in [4.78, 5) is 43.9. The first-order valence-corrected chi connectivity index (χ1v) is 14.3. The molecule has 5 unspecified atom stereocenters. The number of nitrogens with zero attached hydrogens (tertiary/aromatic N) is 1. The lowest BCUT2D eigenvalue weighted by molar-refractivity contribution is -0.141. The second kappa shape index (κ2) is 10.4. The lowest BCUT2D eigenvalue weighted by Crippen LogP contribution is -2.50. The van der Waals surface area contributed by atoms with E-state index >= 15 is 0 Å². The van der Waals surface area contributed by atoms with E-state index in [0.717, 1.165) is 42.4 Å². The van der Waals surface area contributed by atoms with E-state index < -0.39 is 29.6 Å². The van der Waals surface area contributed by atoms with Crippen LogP contribution >= 0.6 is 0 Å². The maximum atomic E-state index is 14.2. The summed E-state index contributed by atoms with van der Waals surface area (Å²) < 4.78 is 11.9. The SMILES string of the molecule is COc1cccc(CC(=O)C2C3C=CC4(O3)C2C(=O)N(Cc2ccccc2C)C4C(=O)CC2CCCCC2)c1. The number of Topliss-reactive ketones (excluding diaryl/α,β-unsaturated/α-hetero) is 2. The Bertz CT molecular complexity index is 1310. The van der Waals surface area contributed by atoms with Gasteiger partial charge in [0.2, 0.25) is 5.91 Å². The molecule has 2 saturated heterocycles. The number of carbonyl (C=O) groups excluding carboxylic acids is 3. The van der Waals surface area contributed by atoms with Crippen LogP contribution in [0.2, 0.25) is 0 Å². The molecular weight excluding hydrogens is 490 g/mol. The first-order valence-electron chi connectivity index (χ1n) is 14.3. The molecule has 2 bridgehead atoms. The highest BCUT2D eigenvalue weighted by molar-refractivity contribution is 6.01. The van der Waals surface area contributed by atoms with E-state index in [0.29, 0.717) is 24.6 Å². The second-order valence-corrected chi connectivity index (χ2v) is 11.8. The van der Waals surface area contributed by atoms with Gasteiger partial charge in [0.15, 0.2) is 5.78 Å². The lowest BCUT2D eigenvalue weighted by atomic mass is 9.71. The van der Waals surface area contributed by atoms with Crippen LogP contribution in [0.4, 0.5) is 0 Å². The first-order chi connectivity index (χ1) is 18.9. The number of aryl methyl sites for hydroxylation is 1. The average Bonchev–Trinajstić information content (AvgIpc) is 3.58. The number of methoxy groups -OCH3 is 1. The van der Waals surface area contributed by atoms with Crippen LogP contribution < -0.4 is 4.74 Å². The molecule has 1 aliphatic carbocycles. The average molecular weight is 528 g/mol. The minimum Gasteiger partial charge on any atom is -0.497 e. The van der Waals surface area contributed by atoms with Crippen molar-refractivity contribution in [2.45, 2.75) is 76.2 Å². The van der Waals surface area contributed by atoms with E-state index in [9.17, 15) is 14.4 Å². The molecule has 4 aliphatic rings. The Morgan fingerprint density at radius 2 is 1.85 bits per heavy atom. The highest BCUT2D eigenvalue weighted by Gasteiger charge is 2.72. The predicted molar refractivity (Wildman–Crippen MR) is 147 cm³/mol. The molecule has 5 atom stereocenters. The van der Waals surface area contributed by atoms with Crippen molar-refractivity contribution < 1.29 is 23.9 Å². The smallest absolute Gasteiger partial charge is 0.230 e. The van der Waals surface area contributed by atoms with Crippen LogP contribution in [0.1, 0.15) is 55.2 Å². The molecule has 0 N–H and O–H groups in total. The van der Waals surface area contributed by atoms with Crippen molar-refractivity contribution in [1.82, 2.24) is 4.90 Å². The fraction of sp³-hybridized carbons (Fsp3) is 0.485. The van der Waals surface area contributed by atoms with Crippen LogP contribution in [-0.4, -0.2) is 47.2 Å². The monoisotopic (exact) mass is 527 g/mol. The molecule has 6 heteroatoms. The van der Waals surface area contributed by atoms with Gasteiger partial charge in [-0.3, -0.25) is 14.4 Å². The number of fused-ring (bicyclic) bond motifs is 1. The summed E-state index contributed by atoms with van der Waals surface area (Å²) in [6.45, 7) is 2.36. The lowest BCUT2D eigenvalue weighted by Gasteiger charge is -2.34. The van der Waals surface area contributed by atoms with Crippen LogP contribution in [0, 0.1) is 24.7 Å². The van der Waals surface area contributed by atoms with Gasteiger partial charge in [0, 0.05) is 19.4 Å². The Kier molecular flexibility index (Phi) is 6.92. The zero-order valence-corrected chi connectivity index (χ0v) is 22.8. The third-order valence-corrected chi connectivity index (χ3v) is 9.38. The maximum Gasteiger partial charge on any atom is 0.230 e. The van der Waals surface area contributed by atoms with Gasteiger partial charge in [-0.2, -0.15) is 0 Å². The second-order valence-electron chi connectivity index (χ2n) is 11.8. The number of hydrogen-bond acceptors (Lipinski definition) is 5. The van der Waals surface area contributed by atoms with Crippen molar-refractivity contribution in [3.05, 3.63) is 77.4 Å². The fourth-order valence-electron chi connectivity index (χ4n) is 7.45. The maximum absolute atomic E-state index is 14.2. The zero-order valence-electron chi connectivity index (χ0n) is 22.8. The van der Waals surface area contributed by atoms with Gasteiger partial charge in [0.25, 0.3) is 0 Å². The number of rotatable bonds is 9. The van der Waals surface area contributed by atoms with Gasteiger partial charge in [0.05, 0.1) is 25.0 Å². The molecule has 2 aromatic rings. The van der Waals surface area contributed by atoms with E-state index in [1.807, 2.05) is 67.6 Å². The van der Waals surface area contributed by atoms with Gasteiger partial charge in [-0.25, -0.2) is 0 Å². The molecular formula is C33H37NO5. The van der Waals surface area contributed by atoms with E-state index in [2.05, 4.69) is 0 Å². The third kappa shape index (κ3) is 4.53. The number of carbonyl (C=O) groups is 3. The van der Waals surface area contributed by atoms with Crippen molar-refractivity contribution >= 4 is 17.5 Å². The summed E-state index contributed by atoms with van der Waals surface area (Å²) in [6.07, 6.45) is 9.65. The number of hydrogen-bond donors (Lipinski definition) is 0. The molecule has 3 fully saturated rings. The topological polar surface area (TPSA) is 72.9 Å². The van der Waals surface area contributed by atoms with Crippen LogP contribution in [-0.2, 0) is 32.1 Å². The molecule has 2 aromatic carbocycles. The molecule has 1 spiro atoms. The van der Waals surface area contributed by atoms with Gasteiger partial charge in [0.1, 0.15) is 23.2 Å². The van der Waals surface area contributed by atoms with Crippen molar-refractivity contribution in [3.63, 3.8) is 0 Å². The van der Waals surface area contributed by atoms with Crippen molar-refractivity contribution in [3.8, 4) is 5.75 Å². The van der Waals surface area contributed by atoms with Gasteiger partial charge in [-0.05, 0) is 41.7 Å². The highest BCUT2D eigenvalue weighted by Crippen LogP contribution is 2.56. The van der Waals surface area contributed by atoms with Gasteiger partial charge >= 0.3 is 0 Å². The number of benzene rings is 2. The van der Waals surface area contributed by atoms with Gasteiger partial charge in [-0.15, -0.1) is 0 Å². The third-order valence-electron chi connectivity index (χ3n) is 9.38. The largest absolute Gasteiger partial charge is 0.497 e. The first kappa shape index (κ1) is 26.0. The van der Waals surface area contributed by atoms with E-state index in [4.69, 9.17) is 9.47 Å². The Balaban J connectivity index is 1.33. The molecule has 6 nitrogen and oxygen atoms in total. The molecule has 1 saturated carbocycles. The Morgan fingerprint density at radius 1 is 1.05 bits per heavy atom. The fourth-order valence-corrected chi connectivity index (χ4v) is 7.45. The van der Waals surface area contributed by atoms with E-state index in [1.165, 1.54) is 6.42 Å². The normalized spacial score (nSPS) is 29.6. The molecule has 3 aliphatic heterocycles. The predicted octanol–water partition coefficient (Wildman–Crippen LogP) is 5.01. The van der Waals surface area contributed by atoms with E-state index in [1.54, 1.807) is 12.0 Å². The summed E-state index contributed by atoms with van der Waals surface area (Å²) in [6, 6.07) is 14.7. The van der Waals surface area contributed by atoms with Crippen molar-refractivity contribution in [2.75, 3.05) is 7.11 Å². The Hall–Kier alpha value is -3.25. The highest BCUT2D eigenvalue weighted by atomic mass is 16.5. The minimum absolute atomic E-state index is 0.0333. The van der Waals surface area contributed by atoms with Crippen molar-refractivity contribution in [2.24, 2.45) is 17.8 Å². The molecule has 0 aromatic heterocycles. The Labute approximate surface area is 230 Å². The summed E-state index contributed by atoms with van der Waals surface area (Å²) >= 11 is 0. The number of likely N-dealkylation sites (tertiary alicyclic amines) is 1. The summed E-state index contributed by atoms with van der Waals surface area (Å²) in [5.41, 5.74) is 1.85.